The molecule has 0 spiro atoms. The summed E-state index contributed by atoms with van der Waals surface area (Å²) in [6, 6.07) is 12.5. The van der Waals surface area contributed by atoms with Crippen LogP contribution in [0.2, 0.25) is 0 Å². The fraction of sp³-hybridized carbons (Fsp3) is 0.444. The molecule has 0 aliphatic heterocycles. The third-order valence-electron chi connectivity index (χ3n) is 3.55. The molecule has 0 aliphatic carbocycles. The second-order valence-corrected chi connectivity index (χ2v) is 5.89. The highest BCUT2D eigenvalue weighted by Crippen LogP contribution is 2.09. The Bertz CT molecular complexity index is 556. The summed E-state index contributed by atoms with van der Waals surface area (Å²) in [5.41, 5.74) is 1.38. The lowest BCUT2D eigenvalue weighted by atomic mass is 10.1. The number of benzene rings is 1. The van der Waals surface area contributed by atoms with Crippen LogP contribution in [0, 0.1) is 0 Å². The number of aryl methyl sites for hydroxylation is 1. The van der Waals surface area contributed by atoms with Gasteiger partial charge in [0, 0.05) is 19.2 Å². The van der Waals surface area contributed by atoms with Gasteiger partial charge < -0.3 is 15.5 Å². The molecule has 0 atom stereocenters. The quantitative estimate of drug-likeness (QED) is 0.661. The van der Waals surface area contributed by atoms with Crippen molar-refractivity contribution in [1.29, 1.82) is 0 Å². The van der Waals surface area contributed by atoms with E-state index in [0.717, 1.165) is 50.5 Å². The molecule has 1 heterocycles. The van der Waals surface area contributed by atoms with Crippen LogP contribution in [0.15, 0.2) is 42.7 Å². The largest absolute Gasteiger partial charge is 0.370 e. The summed E-state index contributed by atoms with van der Waals surface area (Å²) in [7, 11) is 4.17. The molecular formula is C18H27N5. The van der Waals surface area contributed by atoms with Crippen molar-refractivity contribution in [3.05, 3.63) is 48.3 Å². The van der Waals surface area contributed by atoms with Gasteiger partial charge in [-0.25, -0.2) is 9.97 Å². The van der Waals surface area contributed by atoms with Gasteiger partial charge in [-0.2, -0.15) is 0 Å². The monoisotopic (exact) mass is 313 g/mol. The van der Waals surface area contributed by atoms with E-state index in [2.05, 4.69) is 69.9 Å². The maximum atomic E-state index is 4.27. The van der Waals surface area contributed by atoms with Gasteiger partial charge in [-0.1, -0.05) is 30.3 Å². The van der Waals surface area contributed by atoms with Crippen LogP contribution in [0.25, 0.3) is 0 Å². The second kappa shape index (κ2) is 9.79. The van der Waals surface area contributed by atoms with Gasteiger partial charge in [0.2, 0.25) is 0 Å². The first-order chi connectivity index (χ1) is 11.2. The fourth-order valence-corrected chi connectivity index (χ4v) is 2.32. The van der Waals surface area contributed by atoms with Crippen molar-refractivity contribution in [2.75, 3.05) is 44.4 Å². The van der Waals surface area contributed by atoms with Crippen LogP contribution in [-0.4, -0.2) is 48.6 Å². The number of nitrogens with one attached hydrogen (secondary N) is 2. The van der Waals surface area contributed by atoms with E-state index in [9.17, 15) is 0 Å². The van der Waals surface area contributed by atoms with Crippen LogP contribution in [0.1, 0.15) is 18.4 Å². The van der Waals surface area contributed by atoms with Crippen molar-refractivity contribution >= 4 is 11.6 Å². The molecule has 5 heteroatoms. The molecule has 0 aliphatic rings. The number of hydrogen-bond donors (Lipinski definition) is 2. The average molecular weight is 313 g/mol. The van der Waals surface area contributed by atoms with Gasteiger partial charge in [0.15, 0.2) is 0 Å². The summed E-state index contributed by atoms with van der Waals surface area (Å²) in [4.78, 5) is 10.7. The average Bonchev–Trinajstić information content (AvgIpc) is 2.57. The smallest absolute Gasteiger partial charge is 0.131 e. The van der Waals surface area contributed by atoms with Crippen molar-refractivity contribution < 1.29 is 0 Å². The zero-order valence-electron chi connectivity index (χ0n) is 14.1. The van der Waals surface area contributed by atoms with Crippen LogP contribution in [-0.2, 0) is 6.42 Å². The van der Waals surface area contributed by atoms with Gasteiger partial charge in [0.05, 0.1) is 0 Å². The Kier molecular flexibility index (Phi) is 7.33. The van der Waals surface area contributed by atoms with Crippen LogP contribution in [0.4, 0.5) is 11.6 Å². The Balaban J connectivity index is 1.68. The number of anilines is 2. The number of aromatic nitrogens is 2. The van der Waals surface area contributed by atoms with Crippen molar-refractivity contribution in [3.8, 4) is 0 Å². The predicted molar refractivity (Wildman–Crippen MR) is 96.9 cm³/mol. The van der Waals surface area contributed by atoms with Gasteiger partial charge in [-0.15, -0.1) is 0 Å². The SMILES string of the molecule is CN(C)CCCNc1cc(NCCCc2ccccc2)ncn1. The van der Waals surface area contributed by atoms with Gasteiger partial charge in [-0.05, 0) is 45.5 Å². The van der Waals surface area contributed by atoms with E-state index in [4.69, 9.17) is 0 Å². The fourth-order valence-electron chi connectivity index (χ4n) is 2.32. The highest BCUT2D eigenvalue weighted by Gasteiger charge is 1.99. The summed E-state index contributed by atoms with van der Waals surface area (Å²) in [5, 5.41) is 6.70. The molecule has 2 N–H and O–H groups in total. The zero-order valence-corrected chi connectivity index (χ0v) is 14.1. The first-order valence-corrected chi connectivity index (χ1v) is 8.22. The van der Waals surface area contributed by atoms with Crippen molar-refractivity contribution in [2.45, 2.75) is 19.3 Å². The van der Waals surface area contributed by atoms with E-state index in [1.54, 1.807) is 6.33 Å². The van der Waals surface area contributed by atoms with E-state index in [0.29, 0.717) is 0 Å². The van der Waals surface area contributed by atoms with Crippen LogP contribution >= 0.6 is 0 Å². The molecule has 5 nitrogen and oxygen atoms in total. The van der Waals surface area contributed by atoms with Crippen LogP contribution < -0.4 is 10.6 Å². The Morgan fingerprint density at radius 1 is 0.913 bits per heavy atom. The topological polar surface area (TPSA) is 53.1 Å². The van der Waals surface area contributed by atoms with Gasteiger partial charge in [0.1, 0.15) is 18.0 Å². The van der Waals surface area contributed by atoms with E-state index >= 15 is 0 Å². The Hall–Kier alpha value is -2.14. The van der Waals surface area contributed by atoms with Gasteiger partial charge in [-0.3, -0.25) is 0 Å². The highest BCUT2D eigenvalue weighted by molar-refractivity contribution is 5.46. The lowest BCUT2D eigenvalue weighted by molar-refractivity contribution is 0.405. The summed E-state index contributed by atoms with van der Waals surface area (Å²) >= 11 is 0. The molecule has 2 rings (SSSR count). The second-order valence-electron chi connectivity index (χ2n) is 5.89. The van der Waals surface area contributed by atoms with Gasteiger partial charge >= 0.3 is 0 Å². The Morgan fingerprint density at radius 2 is 1.57 bits per heavy atom. The molecule has 1 aromatic carbocycles. The third kappa shape index (κ3) is 7.10. The molecule has 2 aromatic rings. The highest BCUT2D eigenvalue weighted by atomic mass is 15.1. The van der Waals surface area contributed by atoms with Crippen LogP contribution in [0.3, 0.4) is 0 Å². The number of rotatable bonds is 10. The van der Waals surface area contributed by atoms with Crippen molar-refractivity contribution in [1.82, 2.24) is 14.9 Å². The lowest BCUT2D eigenvalue weighted by Crippen LogP contribution is -2.16. The molecule has 1 aromatic heterocycles. The molecule has 0 unspecified atom stereocenters. The standard InChI is InChI=1S/C18H27N5/c1-23(2)13-7-12-20-18-14-17(21-15-22-18)19-11-6-10-16-8-4-3-5-9-16/h3-5,8-9,14-15H,6-7,10-13H2,1-2H3,(H2,19,20,21,22). The predicted octanol–water partition coefficient (Wildman–Crippen LogP) is 2.88. The number of nitrogens with zero attached hydrogens (tertiary/aromatic N) is 3. The molecule has 0 amide bonds. The zero-order chi connectivity index (χ0) is 16.3. The summed E-state index contributed by atoms with van der Waals surface area (Å²) in [6.07, 6.45) is 4.86. The molecule has 124 valence electrons. The van der Waals surface area contributed by atoms with Crippen molar-refractivity contribution in [2.24, 2.45) is 0 Å². The molecule has 0 bridgehead atoms. The molecule has 0 saturated carbocycles. The van der Waals surface area contributed by atoms with E-state index < -0.39 is 0 Å². The van der Waals surface area contributed by atoms with E-state index in [1.807, 2.05) is 6.07 Å². The normalized spacial score (nSPS) is 10.7. The minimum atomic E-state index is 0.878. The summed E-state index contributed by atoms with van der Waals surface area (Å²) < 4.78 is 0. The van der Waals surface area contributed by atoms with E-state index in [-0.39, 0.29) is 0 Å². The lowest BCUT2D eigenvalue weighted by Gasteiger charge is -2.11. The molecule has 0 saturated heterocycles. The van der Waals surface area contributed by atoms with Crippen molar-refractivity contribution in [3.63, 3.8) is 0 Å². The molecular weight excluding hydrogens is 286 g/mol. The minimum Gasteiger partial charge on any atom is -0.370 e. The summed E-state index contributed by atoms with van der Waals surface area (Å²) in [6.45, 7) is 2.90. The number of hydrogen-bond acceptors (Lipinski definition) is 5. The molecule has 0 fully saturated rings. The molecule has 0 radical (unpaired) electrons. The molecule has 23 heavy (non-hydrogen) atoms. The van der Waals surface area contributed by atoms with Gasteiger partial charge in [0.25, 0.3) is 0 Å². The maximum absolute atomic E-state index is 4.27. The Labute approximate surface area is 139 Å². The summed E-state index contributed by atoms with van der Waals surface area (Å²) in [5.74, 6) is 1.76. The van der Waals surface area contributed by atoms with E-state index in [1.165, 1.54) is 5.56 Å². The van der Waals surface area contributed by atoms with Crippen LogP contribution in [0.5, 0.6) is 0 Å². The minimum absolute atomic E-state index is 0.878. The maximum Gasteiger partial charge on any atom is 0.131 e. The Morgan fingerprint density at radius 3 is 2.22 bits per heavy atom. The first-order valence-electron chi connectivity index (χ1n) is 8.22. The third-order valence-corrected chi connectivity index (χ3v) is 3.55. The first kappa shape index (κ1) is 17.2.